The predicted octanol–water partition coefficient (Wildman–Crippen LogP) is 4.96. The van der Waals surface area contributed by atoms with E-state index >= 15 is 0 Å². The number of hydrogen-bond acceptors (Lipinski definition) is 2. The SMILES string of the molecule is O=Cc1cccc(-c2ccc(Oc3ccccc3)cc2)c1. The van der Waals surface area contributed by atoms with E-state index in [-0.39, 0.29) is 0 Å². The lowest BCUT2D eigenvalue weighted by atomic mass is 10.0. The van der Waals surface area contributed by atoms with Crippen molar-refractivity contribution in [3.05, 3.63) is 84.4 Å². The first-order chi connectivity index (χ1) is 10.3. The Balaban J connectivity index is 1.82. The van der Waals surface area contributed by atoms with E-state index in [1.165, 1.54) is 0 Å². The summed E-state index contributed by atoms with van der Waals surface area (Å²) in [6.07, 6.45) is 0.858. The van der Waals surface area contributed by atoms with Crippen LogP contribution >= 0.6 is 0 Å². The Kier molecular flexibility index (Phi) is 3.79. The van der Waals surface area contributed by atoms with Gasteiger partial charge in [-0.25, -0.2) is 0 Å². The number of benzene rings is 3. The Morgan fingerprint density at radius 2 is 1.38 bits per heavy atom. The molecule has 0 N–H and O–H groups in total. The maximum absolute atomic E-state index is 10.8. The molecule has 0 aliphatic heterocycles. The Labute approximate surface area is 123 Å². The molecule has 0 fully saturated rings. The number of hydrogen-bond donors (Lipinski definition) is 0. The molecule has 0 aliphatic carbocycles. The highest BCUT2D eigenvalue weighted by molar-refractivity contribution is 5.78. The van der Waals surface area contributed by atoms with Crippen molar-refractivity contribution in [2.45, 2.75) is 0 Å². The van der Waals surface area contributed by atoms with Crippen LogP contribution in [0.1, 0.15) is 10.4 Å². The number of para-hydroxylation sites is 1. The molecule has 2 nitrogen and oxygen atoms in total. The van der Waals surface area contributed by atoms with Crippen LogP contribution in [0.4, 0.5) is 0 Å². The minimum Gasteiger partial charge on any atom is -0.457 e. The molecule has 3 aromatic carbocycles. The number of carbonyl (C=O) groups excluding carboxylic acids is 1. The van der Waals surface area contributed by atoms with Crippen molar-refractivity contribution in [1.29, 1.82) is 0 Å². The van der Waals surface area contributed by atoms with Gasteiger partial charge in [-0.15, -0.1) is 0 Å². The van der Waals surface area contributed by atoms with E-state index in [1.54, 1.807) is 6.07 Å². The van der Waals surface area contributed by atoms with Crippen molar-refractivity contribution >= 4 is 6.29 Å². The molecule has 0 aliphatic rings. The van der Waals surface area contributed by atoms with Crippen LogP contribution in [-0.2, 0) is 0 Å². The zero-order valence-electron chi connectivity index (χ0n) is 11.4. The van der Waals surface area contributed by atoms with E-state index in [4.69, 9.17) is 4.74 Å². The zero-order valence-corrected chi connectivity index (χ0v) is 11.4. The summed E-state index contributed by atoms with van der Waals surface area (Å²) in [6.45, 7) is 0. The fraction of sp³-hybridized carbons (Fsp3) is 0. The third-order valence-electron chi connectivity index (χ3n) is 3.19. The third-order valence-corrected chi connectivity index (χ3v) is 3.19. The summed E-state index contributed by atoms with van der Waals surface area (Å²) in [5.41, 5.74) is 2.75. The van der Waals surface area contributed by atoms with Crippen molar-refractivity contribution in [2.24, 2.45) is 0 Å². The molecular formula is C19H14O2. The second-order valence-corrected chi connectivity index (χ2v) is 4.68. The van der Waals surface area contributed by atoms with Gasteiger partial charge in [0.2, 0.25) is 0 Å². The van der Waals surface area contributed by atoms with Crippen LogP contribution in [-0.4, -0.2) is 6.29 Å². The molecule has 3 aromatic rings. The zero-order chi connectivity index (χ0) is 14.5. The minimum absolute atomic E-state index is 0.678. The van der Waals surface area contributed by atoms with Gasteiger partial charge in [-0.2, -0.15) is 0 Å². The molecule has 0 spiro atoms. The fourth-order valence-electron chi connectivity index (χ4n) is 2.13. The molecule has 0 heterocycles. The average Bonchev–Trinajstić information content (AvgIpc) is 2.56. The highest BCUT2D eigenvalue weighted by Crippen LogP contribution is 2.26. The van der Waals surface area contributed by atoms with E-state index in [0.717, 1.165) is 28.9 Å². The van der Waals surface area contributed by atoms with Crippen LogP contribution in [0.25, 0.3) is 11.1 Å². The van der Waals surface area contributed by atoms with Crippen LogP contribution in [0.15, 0.2) is 78.9 Å². The summed E-state index contributed by atoms with van der Waals surface area (Å²) in [5, 5.41) is 0. The molecule has 0 radical (unpaired) electrons. The minimum atomic E-state index is 0.678. The van der Waals surface area contributed by atoms with Crippen molar-refractivity contribution in [1.82, 2.24) is 0 Å². The maximum Gasteiger partial charge on any atom is 0.150 e. The molecule has 0 bridgehead atoms. The van der Waals surface area contributed by atoms with Crippen LogP contribution in [0.3, 0.4) is 0 Å². The Hall–Kier alpha value is -2.87. The standard InChI is InChI=1S/C19H14O2/c20-14-15-5-4-6-17(13-15)16-9-11-19(12-10-16)21-18-7-2-1-3-8-18/h1-14H. The van der Waals surface area contributed by atoms with Gasteiger partial charge in [0, 0.05) is 5.56 Å². The highest BCUT2D eigenvalue weighted by atomic mass is 16.5. The van der Waals surface area contributed by atoms with Crippen LogP contribution < -0.4 is 4.74 Å². The lowest BCUT2D eigenvalue weighted by molar-refractivity contribution is 0.112. The third kappa shape index (κ3) is 3.18. The number of ether oxygens (including phenoxy) is 1. The van der Waals surface area contributed by atoms with Crippen molar-refractivity contribution in [2.75, 3.05) is 0 Å². The first-order valence-electron chi connectivity index (χ1n) is 6.74. The van der Waals surface area contributed by atoms with Gasteiger partial charge in [-0.05, 0) is 41.5 Å². The summed E-state index contributed by atoms with van der Waals surface area (Å²) >= 11 is 0. The quantitative estimate of drug-likeness (QED) is 0.629. The van der Waals surface area contributed by atoms with E-state index in [1.807, 2.05) is 72.8 Å². The van der Waals surface area contributed by atoms with Gasteiger partial charge in [0.25, 0.3) is 0 Å². The van der Waals surface area contributed by atoms with E-state index in [9.17, 15) is 4.79 Å². The molecule has 0 aromatic heterocycles. The average molecular weight is 274 g/mol. The first-order valence-corrected chi connectivity index (χ1v) is 6.74. The van der Waals surface area contributed by atoms with E-state index in [2.05, 4.69) is 0 Å². The van der Waals surface area contributed by atoms with Crippen LogP contribution in [0, 0.1) is 0 Å². The molecule has 0 saturated heterocycles. The number of carbonyl (C=O) groups is 1. The van der Waals surface area contributed by atoms with Gasteiger partial charge in [-0.1, -0.05) is 48.5 Å². The number of rotatable bonds is 4. The van der Waals surface area contributed by atoms with Gasteiger partial charge in [0.05, 0.1) is 0 Å². The summed E-state index contributed by atoms with van der Waals surface area (Å²) in [5.74, 6) is 1.60. The normalized spacial score (nSPS) is 10.1. The Morgan fingerprint density at radius 3 is 2.10 bits per heavy atom. The Bertz CT molecular complexity index is 731. The van der Waals surface area contributed by atoms with E-state index in [0.29, 0.717) is 5.56 Å². The maximum atomic E-state index is 10.8. The monoisotopic (exact) mass is 274 g/mol. The molecule has 0 atom stereocenters. The van der Waals surface area contributed by atoms with E-state index < -0.39 is 0 Å². The van der Waals surface area contributed by atoms with Gasteiger partial charge >= 0.3 is 0 Å². The van der Waals surface area contributed by atoms with Crippen molar-refractivity contribution < 1.29 is 9.53 Å². The van der Waals surface area contributed by atoms with Crippen LogP contribution in [0.2, 0.25) is 0 Å². The van der Waals surface area contributed by atoms with Gasteiger partial charge in [-0.3, -0.25) is 4.79 Å². The summed E-state index contributed by atoms with van der Waals surface area (Å²) in [4.78, 5) is 10.8. The second-order valence-electron chi connectivity index (χ2n) is 4.68. The molecule has 0 unspecified atom stereocenters. The molecule has 0 amide bonds. The molecule has 21 heavy (non-hydrogen) atoms. The second kappa shape index (κ2) is 6.06. The molecule has 102 valence electrons. The number of aldehydes is 1. The fourth-order valence-corrected chi connectivity index (χ4v) is 2.13. The van der Waals surface area contributed by atoms with Gasteiger partial charge < -0.3 is 4.74 Å². The highest BCUT2D eigenvalue weighted by Gasteiger charge is 2.01. The Morgan fingerprint density at radius 1 is 0.667 bits per heavy atom. The molecule has 2 heteroatoms. The van der Waals surface area contributed by atoms with Gasteiger partial charge in [0.1, 0.15) is 17.8 Å². The van der Waals surface area contributed by atoms with Crippen molar-refractivity contribution in [3.63, 3.8) is 0 Å². The van der Waals surface area contributed by atoms with Crippen LogP contribution in [0.5, 0.6) is 11.5 Å². The van der Waals surface area contributed by atoms with Gasteiger partial charge in [0.15, 0.2) is 0 Å². The lowest BCUT2D eigenvalue weighted by Gasteiger charge is -2.07. The predicted molar refractivity (Wildman–Crippen MR) is 83.8 cm³/mol. The molecular weight excluding hydrogens is 260 g/mol. The summed E-state index contributed by atoms with van der Waals surface area (Å²) < 4.78 is 5.76. The largest absolute Gasteiger partial charge is 0.457 e. The molecule has 0 saturated carbocycles. The lowest BCUT2D eigenvalue weighted by Crippen LogP contribution is -1.85. The summed E-state index contributed by atoms with van der Waals surface area (Å²) in [6, 6.07) is 25.0. The molecule has 3 rings (SSSR count). The smallest absolute Gasteiger partial charge is 0.150 e. The van der Waals surface area contributed by atoms with Crippen molar-refractivity contribution in [3.8, 4) is 22.6 Å². The topological polar surface area (TPSA) is 26.3 Å². The summed E-state index contributed by atoms with van der Waals surface area (Å²) in [7, 11) is 0. The first kappa shape index (κ1) is 13.1.